The first kappa shape index (κ1) is 30.3. The normalized spacial score (nSPS) is 21.3. The molecule has 0 radical (unpaired) electrons. The molecule has 0 amide bonds. The zero-order valence-corrected chi connectivity index (χ0v) is 24.2. The number of benzene rings is 1. The number of rotatable bonds is 18. The maximum atomic E-state index is 3.98. The van der Waals surface area contributed by atoms with Gasteiger partial charge in [-0.05, 0) is 44.1 Å². The summed E-state index contributed by atoms with van der Waals surface area (Å²) >= 11 is 0. The first-order valence-corrected chi connectivity index (χ1v) is 14.9. The molecule has 1 saturated heterocycles. The van der Waals surface area contributed by atoms with Crippen LogP contribution in [-0.4, -0.2) is 61.3 Å². The highest BCUT2D eigenvalue weighted by molar-refractivity contribution is 5.21. The molecule has 4 heteroatoms. The highest BCUT2D eigenvalue weighted by Crippen LogP contribution is 2.23. The number of hydrogen-bond donors (Lipinski definition) is 2. The maximum absolute atomic E-state index is 3.98. The van der Waals surface area contributed by atoms with Gasteiger partial charge in [0.15, 0.2) is 0 Å². The van der Waals surface area contributed by atoms with Gasteiger partial charge in [-0.1, -0.05) is 96.0 Å². The van der Waals surface area contributed by atoms with Crippen molar-refractivity contribution in [2.75, 3.05) is 45.9 Å². The summed E-state index contributed by atoms with van der Waals surface area (Å²) in [5.74, 6) is 1.66. The van der Waals surface area contributed by atoms with Gasteiger partial charge in [0, 0.05) is 51.4 Å². The Balaban J connectivity index is 1.93. The van der Waals surface area contributed by atoms with Crippen molar-refractivity contribution in [2.24, 2.45) is 11.8 Å². The second-order valence-corrected chi connectivity index (χ2v) is 11.6. The average molecular weight is 487 g/mol. The second kappa shape index (κ2) is 16.7. The summed E-state index contributed by atoms with van der Waals surface area (Å²) in [5.41, 5.74) is 2.84. The van der Waals surface area contributed by atoms with Crippen LogP contribution in [0.15, 0.2) is 24.3 Å². The molecule has 35 heavy (non-hydrogen) atoms. The molecule has 0 aliphatic carbocycles. The summed E-state index contributed by atoms with van der Waals surface area (Å²) in [6.07, 6.45) is 10.7. The molecule has 0 saturated carbocycles. The van der Waals surface area contributed by atoms with Gasteiger partial charge >= 0.3 is 0 Å². The van der Waals surface area contributed by atoms with E-state index in [2.05, 4.69) is 86.2 Å². The van der Waals surface area contributed by atoms with Crippen LogP contribution in [0.25, 0.3) is 0 Å². The Morgan fingerprint density at radius 2 is 1.37 bits per heavy atom. The number of nitrogens with zero attached hydrogens (tertiary/aromatic N) is 2. The van der Waals surface area contributed by atoms with E-state index >= 15 is 0 Å². The minimum atomic E-state index is 0.149. The summed E-state index contributed by atoms with van der Waals surface area (Å²) in [5, 5.41) is 7.62. The lowest BCUT2D eigenvalue weighted by Crippen LogP contribution is -2.65. The molecule has 4 nitrogen and oxygen atoms in total. The van der Waals surface area contributed by atoms with E-state index in [1.807, 2.05) is 0 Å². The minimum absolute atomic E-state index is 0.149. The van der Waals surface area contributed by atoms with Crippen LogP contribution in [0.3, 0.4) is 0 Å². The number of nitrogens with one attached hydrogen (secondary N) is 2. The van der Waals surface area contributed by atoms with Gasteiger partial charge in [0.25, 0.3) is 0 Å². The third-order valence-electron chi connectivity index (χ3n) is 7.97. The van der Waals surface area contributed by atoms with E-state index < -0.39 is 0 Å². The largest absolute Gasteiger partial charge is 0.311 e. The monoisotopic (exact) mass is 486 g/mol. The molecule has 202 valence electrons. The minimum Gasteiger partial charge on any atom is -0.311 e. The Hall–Kier alpha value is -0.940. The van der Waals surface area contributed by atoms with E-state index in [1.54, 1.807) is 0 Å². The molecular formula is C31H58N4. The Kier molecular flexibility index (Phi) is 14.5. The summed E-state index contributed by atoms with van der Waals surface area (Å²) in [6, 6.07) is 8.88. The Bertz CT molecular complexity index is 632. The lowest BCUT2D eigenvalue weighted by Gasteiger charge is -2.48. The molecule has 2 unspecified atom stereocenters. The summed E-state index contributed by atoms with van der Waals surface area (Å²) in [6.45, 7) is 23.0. The third-order valence-corrected chi connectivity index (χ3v) is 7.97. The molecule has 2 N–H and O–H groups in total. The highest BCUT2D eigenvalue weighted by Gasteiger charge is 2.35. The van der Waals surface area contributed by atoms with Crippen LogP contribution in [0.4, 0.5) is 0 Å². The van der Waals surface area contributed by atoms with Crippen LogP contribution in [0.1, 0.15) is 97.1 Å². The van der Waals surface area contributed by atoms with Gasteiger partial charge in [-0.25, -0.2) is 0 Å². The molecule has 1 fully saturated rings. The number of aryl methyl sites for hydroxylation is 1. The van der Waals surface area contributed by atoms with Crippen molar-refractivity contribution < 1.29 is 0 Å². The first-order valence-electron chi connectivity index (χ1n) is 14.9. The molecule has 1 aromatic rings. The SMILES string of the molecule is CCCCC(CC)CN1CN(CC(CC)CCCC)CC(C)(NCCNCc2ccc(C)cc2)C1. The van der Waals surface area contributed by atoms with Crippen molar-refractivity contribution in [2.45, 2.75) is 105 Å². The van der Waals surface area contributed by atoms with E-state index in [4.69, 9.17) is 0 Å². The number of unbranched alkanes of at least 4 members (excludes halogenated alkanes) is 2. The van der Waals surface area contributed by atoms with Gasteiger partial charge in [0.1, 0.15) is 0 Å². The molecule has 1 heterocycles. The maximum Gasteiger partial charge on any atom is 0.0507 e. The van der Waals surface area contributed by atoms with Crippen LogP contribution in [0, 0.1) is 18.8 Å². The zero-order valence-electron chi connectivity index (χ0n) is 24.2. The molecule has 0 spiro atoms. The van der Waals surface area contributed by atoms with E-state index in [0.717, 1.165) is 51.2 Å². The highest BCUT2D eigenvalue weighted by atomic mass is 15.4. The fourth-order valence-electron chi connectivity index (χ4n) is 5.73. The lowest BCUT2D eigenvalue weighted by atomic mass is 9.93. The molecule has 2 rings (SSSR count). The molecule has 1 aromatic carbocycles. The standard InChI is InChI=1S/C31H58N4/c1-7-11-13-28(9-3)22-34-24-31(6,25-35(26-34)23-29(10-4)14-12-8-2)33-20-19-32-21-30-17-15-27(5)16-18-30/h15-18,28-29,32-33H,7-14,19-26H2,1-6H3. The van der Waals surface area contributed by atoms with Gasteiger partial charge in [-0.3, -0.25) is 9.80 Å². The van der Waals surface area contributed by atoms with Gasteiger partial charge in [0.05, 0.1) is 6.67 Å². The van der Waals surface area contributed by atoms with Crippen LogP contribution in [-0.2, 0) is 6.54 Å². The lowest BCUT2D eigenvalue weighted by molar-refractivity contribution is 0.00519. The fourth-order valence-corrected chi connectivity index (χ4v) is 5.73. The van der Waals surface area contributed by atoms with E-state index in [1.165, 1.54) is 75.6 Å². The van der Waals surface area contributed by atoms with E-state index in [9.17, 15) is 0 Å². The first-order chi connectivity index (χ1) is 16.9. The number of hydrogen-bond acceptors (Lipinski definition) is 4. The Labute approximate surface area is 218 Å². The van der Waals surface area contributed by atoms with Crippen LogP contribution in [0.5, 0.6) is 0 Å². The Morgan fingerprint density at radius 3 is 1.86 bits per heavy atom. The quantitative estimate of drug-likeness (QED) is 0.234. The average Bonchev–Trinajstić information content (AvgIpc) is 2.84. The van der Waals surface area contributed by atoms with Crippen molar-refractivity contribution >= 4 is 0 Å². The van der Waals surface area contributed by atoms with Crippen molar-refractivity contribution in [3.05, 3.63) is 35.4 Å². The molecule has 0 aromatic heterocycles. The third kappa shape index (κ3) is 11.8. The van der Waals surface area contributed by atoms with E-state index in [0.29, 0.717) is 0 Å². The van der Waals surface area contributed by atoms with Crippen LogP contribution in [0.2, 0.25) is 0 Å². The predicted molar refractivity (Wildman–Crippen MR) is 154 cm³/mol. The van der Waals surface area contributed by atoms with Gasteiger partial charge in [-0.15, -0.1) is 0 Å². The summed E-state index contributed by atoms with van der Waals surface area (Å²) in [4.78, 5) is 5.54. The smallest absolute Gasteiger partial charge is 0.0507 e. The summed E-state index contributed by atoms with van der Waals surface area (Å²) in [7, 11) is 0. The van der Waals surface area contributed by atoms with Crippen molar-refractivity contribution in [3.63, 3.8) is 0 Å². The fraction of sp³-hybridized carbons (Fsp3) is 0.806. The Morgan fingerprint density at radius 1 is 0.829 bits per heavy atom. The van der Waals surface area contributed by atoms with Crippen molar-refractivity contribution in [3.8, 4) is 0 Å². The predicted octanol–water partition coefficient (Wildman–Crippen LogP) is 6.44. The molecule has 0 bridgehead atoms. The summed E-state index contributed by atoms with van der Waals surface area (Å²) < 4.78 is 0. The molecule has 1 aliphatic heterocycles. The van der Waals surface area contributed by atoms with Crippen molar-refractivity contribution in [1.29, 1.82) is 0 Å². The molecular weight excluding hydrogens is 428 g/mol. The van der Waals surface area contributed by atoms with Gasteiger partial charge in [0.2, 0.25) is 0 Å². The molecule has 2 atom stereocenters. The van der Waals surface area contributed by atoms with Gasteiger partial charge < -0.3 is 10.6 Å². The van der Waals surface area contributed by atoms with Crippen LogP contribution < -0.4 is 10.6 Å². The second-order valence-electron chi connectivity index (χ2n) is 11.6. The van der Waals surface area contributed by atoms with Crippen LogP contribution >= 0.6 is 0 Å². The van der Waals surface area contributed by atoms with E-state index in [-0.39, 0.29) is 5.54 Å². The molecule has 1 aliphatic rings. The van der Waals surface area contributed by atoms with Crippen molar-refractivity contribution in [1.82, 2.24) is 20.4 Å². The van der Waals surface area contributed by atoms with Gasteiger partial charge in [-0.2, -0.15) is 0 Å². The zero-order chi connectivity index (χ0) is 25.5. The topological polar surface area (TPSA) is 30.5 Å².